The fourth-order valence-corrected chi connectivity index (χ4v) is 5.02. The maximum Gasteiger partial charge on any atom is 0.416 e. The lowest BCUT2D eigenvalue weighted by atomic mass is 10.2. The van der Waals surface area contributed by atoms with Crippen LogP contribution in [0.3, 0.4) is 0 Å². The molecule has 1 aliphatic heterocycles. The van der Waals surface area contributed by atoms with Crippen molar-refractivity contribution >= 4 is 56.7 Å². The van der Waals surface area contributed by atoms with Crippen LogP contribution < -0.4 is 15.8 Å². The van der Waals surface area contributed by atoms with Gasteiger partial charge in [0.15, 0.2) is 0 Å². The molecule has 3 aromatic rings. The number of piperazine rings is 1. The van der Waals surface area contributed by atoms with Crippen molar-refractivity contribution in [2.45, 2.75) is 66.3 Å². The van der Waals surface area contributed by atoms with Gasteiger partial charge in [0.25, 0.3) is 5.56 Å². The summed E-state index contributed by atoms with van der Waals surface area (Å²) in [5.41, 5.74) is -1.22. The van der Waals surface area contributed by atoms with Gasteiger partial charge in [-0.3, -0.25) is 9.59 Å². The number of anilines is 2. The van der Waals surface area contributed by atoms with Gasteiger partial charge in [0.2, 0.25) is 16.4 Å². The second kappa shape index (κ2) is 13.5. The number of hydrogen-bond donors (Lipinski definition) is 1. The summed E-state index contributed by atoms with van der Waals surface area (Å²) in [6.45, 7) is 12.1. The third-order valence-corrected chi connectivity index (χ3v) is 6.90. The fraction of sp³-hybridized carbons (Fsp3) is 0.519. The first-order chi connectivity index (χ1) is 20.1. The molecular formula is C27H34BrClF3N7O4. The number of rotatable bonds is 5. The van der Waals surface area contributed by atoms with Crippen molar-refractivity contribution in [1.29, 1.82) is 0 Å². The van der Waals surface area contributed by atoms with Crippen molar-refractivity contribution in [3.63, 3.8) is 0 Å². The average molecular weight is 693 g/mol. The highest BCUT2D eigenvalue weighted by atomic mass is 79.9. The minimum atomic E-state index is -4.58. The average Bonchev–Trinajstić information content (AvgIpc) is 3.33. The Hall–Kier alpha value is -3.33. The van der Waals surface area contributed by atoms with Crippen LogP contribution in [0.25, 0.3) is 5.78 Å². The number of ether oxygens (including phenoxy) is 1. The molecule has 0 bridgehead atoms. The van der Waals surface area contributed by atoms with Crippen LogP contribution in [0.1, 0.15) is 52.8 Å². The quantitative estimate of drug-likeness (QED) is 0.370. The summed E-state index contributed by atoms with van der Waals surface area (Å²) in [6, 6.07) is 2.63. The largest absolute Gasteiger partial charge is 0.444 e. The van der Waals surface area contributed by atoms with Crippen LogP contribution in [0.5, 0.6) is 0 Å². The number of benzene rings is 1. The lowest BCUT2D eigenvalue weighted by molar-refractivity contribution is -0.137. The molecule has 1 aromatic carbocycles. The van der Waals surface area contributed by atoms with Crippen molar-refractivity contribution in [2.24, 2.45) is 0 Å². The molecule has 2 aromatic heterocycles. The Balaban J connectivity index is 0.00000248. The molecular weight excluding hydrogens is 659 g/mol. The van der Waals surface area contributed by atoms with E-state index in [4.69, 9.17) is 16.3 Å². The minimum absolute atomic E-state index is 0.000848. The van der Waals surface area contributed by atoms with Gasteiger partial charge in [-0.15, -0.1) is 5.10 Å². The van der Waals surface area contributed by atoms with E-state index in [9.17, 15) is 27.6 Å². The molecule has 0 saturated carbocycles. The van der Waals surface area contributed by atoms with Gasteiger partial charge >= 0.3 is 12.3 Å². The Kier molecular flexibility index (Phi) is 10.8. The topological polar surface area (TPSA) is 114 Å². The summed E-state index contributed by atoms with van der Waals surface area (Å²) in [4.78, 5) is 46.9. The highest BCUT2D eigenvalue weighted by molar-refractivity contribution is 9.10. The number of nitrogens with zero attached hydrogens (tertiary/aromatic N) is 6. The summed E-state index contributed by atoms with van der Waals surface area (Å²) in [7, 11) is 0. The maximum absolute atomic E-state index is 13.6. The van der Waals surface area contributed by atoms with E-state index >= 15 is 0 Å². The normalized spacial score (nSPS) is 13.9. The van der Waals surface area contributed by atoms with Crippen molar-refractivity contribution in [3.05, 3.63) is 49.6 Å². The van der Waals surface area contributed by atoms with Gasteiger partial charge in [-0.2, -0.15) is 22.7 Å². The summed E-state index contributed by atoms with van der Waals surface area (Å²) >= 11 is 9.20. The lowest BCUT2D eigenvalue weighted by Crippen LogP contribution is -2.51. The minimum Gasteiger partial charge on any atom is -0.444 e. The van der Waals surface area contributed by atoms with E-state index in [2.05, 4.69) is 31.3 Å². The Morgan fingerprint density at radius 2 is 1.74 bits per heavy atom. The zero-order chi connectivity index (χ0) is 32.3. The standard InChI is InChI=1S/C25H28BrClF3N7O4.C2H6/c1-5-17-19(34-8-10-35(11-9-34)23(40)41-24(2,3)4)20(39)37-22(32-21(26)33-37)36(17)13-18(38)31-16-7-6-14(12-15(16)27)25(28,29)30;1-2/h6-7,12H,5,8-11,13H2,1-4H3,(H,31,38);1-2H3. The van der Waals surface area contributed by atoms with Gasteiger partial charge < -0.3 is 24.4 Å². The first kappa shape index (κ1) is 34.2. The predicted octanol–water partition coefficient (Wildman–Crippen LogP) is 5.61. The van der Waals surface area contributed by atoms with E-state index in [-0.39, 0.29) is 27.8 Å². The summed E-state index contributed by atoms with van der Waals surface area (Å²) < 4.78 is 47.2. The van der Waals surface area contributed by atoms with E-state index in [1.165, 1.54) is 4.57 Å². The molecule has 0 unspecified atom stereocenters. The van der Waals surface area contributed by atoms with Crippen LogP contribution in [0, 0.1) is 0 Å². The Morgan fingerprint density at radius 3 is 2.28 bits per heavy atom. The zero-order valence-corrected chi connectivity index (χ0v) is 27.0. The molecule has 0 radical (unpaired) electrons. The van der Waals surface area contributed by atoms with Gasteiger partial charge in [-0.05, 0) is 61.3 Å². The molecule has 1 aliphatic rings. The summed E-state index contributed by atoms with van der Waals surface area (Å²) in [5, 5.41) is 6.40. The molecule has 16 heteroatoms. The Morgan fingerprint density at radius 1 is 1.12 bits per heavy atom. The van der Waals surface area contributed by atoms with E-state index in [1.54, 1.807) is 25.7 Å². The molecule has 1 N–H and O–H groups in total. The van der Waals surface area contributed by atoms with E-state index in [0.717, 1.165) is 22.7 Å². The molecule has 1 fully saturated rings. The van der Waals surface area contributed by atoms with Gasteiger partial charge in [0.1, 0.15) is 17.8 Å². The van der Waals surface area contributed by atoms with Crippen LogP contribution in [-0.2, 0) is 28.7 Å². The lowest BCUT2D eigenvalue weighted by Gasteiger charge is -2.37. The Bertz CT molecular complexity index is 1540. The molecule has 0 aliphatic carbocycles. The fourth-order valence-electron chi connectivity index (χ4n) is 4.47. The van der Waals surface area contributed by atoms with Gasteiger partial charge in [-0.25, -0.2) is 4.79 Å². The Labute approximate surface area is 260 Å². The van der Waals surface area contributed by atoms with Crippen LogP contribution in [-0.4, -0.2) is 67.8 Å². The van der Waals surface area contributed by atoms with Crippen molar-refractivity contribution in [1.82, 2.24) is 24.1 Å². The van der Waals surface area contributed by atoms with Crippen molar-refractivity contribution in [2.75, 3.05) is 36.4 Å². The first-order valence-electron chi connectivity index (χ1n) is 13.7. The van der Waals surface area contributed by atoms with Gasteiger partial charge in [0.05, 0.1) is 22.0 Å². The molecule has 11 nitrogen and oxygen atoms in total. The highest BCUT2D eigenvalue weighted by Crippen LogP contribution is 2.34. The van der Waals surface area contributed by atoms with Crippen LogP contribution >= 0.6 is 27.5 Å². The monoisotopic (exact) mass is 691 g/mol. The van der Waals surface area contributed by atoms with E-state index < -0.39 is 34.9 Å². The summed E-state index contributed by atoms with van der Waals surface area (Å²) in [6.07, 6.45) is -4.69. The number of fused-ring (bicyclic) bond motifs is 1. The van der Waals surface area contributed by atoms with Gasteiger partial charge in [-0.1, -0.05) is 32.4 Å². The SMILES string of the molecule is CC.CCc1c(N2CCN(C(=O)OC(C)(C)C)CC2)c(=O)n2nc(Br)nc2n1CC(=O)Nc1ccc(C(F)(F)F)cc1Cl. The molecule has 1 saturated heterocycles. The first-order valence-corrected chi connectivity index (χ1v) is 14.8. The number of carbonyl (C=O) groups excluding carboxylic acids is 2. The van der Waals surface area contributed by atoms with Crippen LogP contribution in [0.15, 0.2) is 27.7 Å². The van der Waals surface area contributed by atoms with Gasteiger partial charge in [0, 0.05) is 26.2 Å². The third kappa shape index (κ3) is 7.99. The number of carbonyl (C=O) groups is 2. The highest BCUT2D eigenvalue weighted by Gasteiger charge is 2.32. The second-order valence-electron chi connectivity index (χ2n) is 10.3. The third-order valence-electron chi connectivity index (χ3n) is 6.25. The second-order valence-corrected chi connectivity index (χ2v) is 11.4. The van der Waals surface area contributed by atoms with Crippen molar-refractivity contribution < 1.29 is 27.5 Å². The smallest absolute Gasteiger partial charge is 0.416 e. The molecule has 3 heterocycles. The molecule has 4 rings (SSSR count). The van der Waals surface area contributed by atoms with E-state index in [1.807, 2.05) is 25.7 Å². The number of hydrogen-bond acceptors (Lipinski definition) is 7. The van der Waals surface area contributed by atoms with Crippen molar-refractivity contribution in [3.8, 4) is 0 Å². The number of halogens is 5. The zero-order valence-electron chi connectivity index (χ0n) is 24.7. The van der Waals surface area contributed by atoms with E-state index in [0.29, 0.717) is 44.0 Å². The number of aromatic nitrogens is 4. The molecule has 0 atom stereocenters. The molecule has 2 amide bonds. The predicted molar refractivity (Wildman–Crippen MR) is 161 cm³/mol. The molecule has 0 spiro atoms. The molecule has 43 heavy (non-hydrogen) atoms. The van der Waals surface area contributed by atoms with Crippen LogP contribution in [0.4, 0.5) is 29.3 Å². The summed E-state index contributed by atoms with van der Waals surface area (Å²) in [5.74, 6) is -0.504. The number of amides is 2. The van der Waals surface area contributed by atoms with Crippen LogP contribution in [0.2, 0.25) is 5.02 Å². The molecule has 236 valence electrons. The maximum atomic E-state index is 13.6. The number of nitrogens with one attached hydrogen (secondary N) is 1. The number of alkyl halides is 3.